The molecule has 2 fully saturated rings. The normalized spacial score (nSPS) is 21.9. The molecule has 4 unspecified atom stereocenters. The summed E-state index contributed by atoms with van der Waals surface area (Å²) in [5.74, 6) is -1.02. The molecule has 11 heteroatoms. The van der Waals surface area contributed by atoms with Gasteiger partial charge in [-0.3, -0.25) is 24.7 Å². The third-order valence-corrected chi connectivity index (χ3v) is 7.96. The van der Waals surface area contributed by atoms with Crippen molar-refractivity contribution in [3.8, 4) is 11.9 Å². The second-order valence-corrected chi connectivity index (χ2v) is 10.9. The van der Waals surface area contributed by atoms with E-state index in [1.54, 1.807) is 49.5 Å². The number of nitrogens with one attached hydrogen (secondary N) is 1. The molecule has 2 aromatic carbocycles. The number of anilines is 1. The lowest BCUT2D eigenvalue weighted by atomic mass is 9.95. The first kappa shape index (κ1) is 29.5. The Morgan fingerprint density at radius 3 is 2.62 bits per heavy atom. The van der Waals surface area contributed by atoms with Gasteiger partial charge in [0.2, 0.25) is 11.8 Å². The second-order valence-electron chi connectivity index (χ2n) is 10.5. The summed E-state index contributed by atoms with van der Waals surface area (Å²) < 4.78 is 26.2. The number of fused-ring (bicyclic) bond motifs is 1. The number of nitrogens with zero attached hydrogens (tertiary/aromatic N) is 4. The maximum absolute atomic E-state index is 15.4. The van der Waals surface area contributed by atoms with Gasteiger partial charge in [-0.1, -0.05) is 29.8 Å². The summed E-state index contributed by atoms with van der Waals surface area (Å²) in [5, 5.41) is 12.8. The van der Waals surface area contributed by atoms with Gasteiger partial charge < -0.3 is 9.47 Å². The van der Waals surface area contributed by atoms with Gasteiger partial charge in [0.05, 0.1) is 60.7 Å². The second kappa shape index (κ2) is 12.1. The van der Waals surface area contributed by atoms with Gasteiger partial charge in [0.15, 0.2) is 5.82 Å². The summed E-state index contributed by atoms with van der Waals surface area (Å²) in [7, 11) is 1.51. The molecule has 2 aliphatic rings. The molecule has 218 valence electrons. The standard InChI is InChI=1S/C31H31ClFN5O4/c1-5-42-24(39)14-19-13-21(30(41-4)35-16-19)29-36-26-28(37(29)17(2)3)27(20-11-9-18(15-34)10-12-20)38(31(26)40)23-8-6-7-22(32)25(23)33/h6-13,16-17,26-29,36H,5,14H2,1-4H3. The van der Waals surface area contributed by atoms with E-state index in [0.717, 1.165) is 5.56 Å². The van der Waals surface area contributed by atoms with Crippen LogP contribution in [0.5, 0.6) is 5.88 Å². The topological polar surface area (TPSA) is 108 Å². The van der Waals surface area contributed by atoms with Gasteiger partial charge in [0.25, 0.3) is 0 Å². The Kier molecular flexibility index (Phi) is 8.45. The number of hydrogen-bond donors (Lipinski definition) is 1. The molecule has 3 aromatic rings. The largest absolute Gasteiger partial charge is 0.481 e. The van der Waals surface area contributed by atoms with Crippen LogP contribution in [0.4, 0.5) is 10.1 Å². The molecule has 2 saturated heterocycles. The van der Waals surface area contributed by atoms with E-state index in [1.807, 2.05) is 19.9 Å². The Hall–Kier alpha value is -4.04. The molecule has 0 saturated carbocycles. The van der Waals surface area contributed by atoms with Crippen LogP contribution in [0, 0.1) is 17.1 Å². The van der Waals surface area contributed by atoms with E-state index in [0.29, 0.717) is 22.6 Å². The first-order chi connectivity index (χ1) is 20.2. The van der Waals surface area contributed by atoms with Crippen molar-refractivity contribution in [3.63, 3.8) is 0 Å². The molecule has 0 bridgehead atoms. The van der Waals surface area contributed by atoms with Gasteiger partial charge in [0.1, 0.15) is 6.04 Å². The average Bonchev–Trinajstić information content (AvgIpc) is 3.50. The molecule has 1 amide bonds. The Morgan fingerprint density at radius 1 is 1.24 bits per heavy atom. The van der Waals surface area contributed by atoms with Gasteiger partial charge in [-0.05, 0) is 62.2 Å². The first-order valence-electron chi connectivity index (χ1n) is 13.7. The van der Waals surface area contributed by atoms with Crippen molar-refractivity contribution in [2.24, 2.45) is 0 Å². The Balaban J connectivity index is 1.63. The zero-order chi connectivity index (χ0) is 30.1. The lowest BCUT2D eigenvalue weighted by Crippen LogP contribution is -2.44. The highest BCUT2D eigenvalue weighted by molar-refractivity contribution is 6.31. The molecule has 42 heavy (non-hydrogen) atoms. The molecule has 2 aliphatic heterocycles. The van der Waals surface area contributed by atoms with Crippen LogP contribution < -0.4 is 15.0 Å². The molecule has 9 nitrogen and oxygen atoms in total. The van der Waals surface area contributed by atoms with Gasteiger partial charge in [0, 0.05) is 17.8 Å². The molecular weight excluding hydrogens is 561 g/mol. The summed E-state index contributed by atoms with van der Waals surface area (Å²) in [4.78, 5) is 34.5. The van der Waals surface area contributed by atoms with Crippen molar-refractivity contribution >= 4 is 29.2 Å². The van der Waals surface area contributed by atoms with Crippen LogP contribution in [0.1, 0.15) is 55.2 Å². The minimum atomic E-state index is -0.727. The van der Waals surface area contributed by atoms with Crippen LogP contribution in [0.3, 0.4) is 0 Å². The predicted octanol–water partition coefficient (Wildman–Crippen LogP) is 4.70. The van der Waals surface area contributed by atoms with Crippen molar-refractivity contribution in [2.75, 3.05) is 18.6 Å². The van der Waals surface area contributed by atoms with Gasteiger partial charge >= 0.3 is 5.97 Å². The Morgan fingerprint density at radius 2 is 1.98 bits per heavy atom. The number of esters is 1. The summed E-state index contributed by atoms with van der Waals surface area (Å²) in [6.45, 7) is 6.05. The van der Waals surface area contributed by atoms with E-state index in [4.69, 9.17) is 21.1 Å². The summed E-state index contributed by atoms with van der Waals surface area (Å²) >= 11 is 6.15. The minimum Gasteiger partial charge on any atom is -0.481 e. The van der Waals surface area contributed by atoms with Crippen LogP contribution >= 0.6 is 11.6 Å². The van der Waals surface area contributed by atoms with E-state index in [-0.39, 0.29) is 41.7 Å². The lowest BCUT2D eigenvalue weighted by Gasteiger charge is -2.38. The van der Waals surface area contributed by atoms with Crippen molar-refractivity contribution in [3.05, 3.63) is 87.8 Å². The van der Waals surface area contributed by atoms with Crippen molar-refractivity contribution < 1.29 is 23.5 Å². The number of halogens is 2. The molecule has 0 aliphatic carbocycles. The van der Waals surface area contributed by atoms with Crippen LogP contribution in [0.15, 0.2) is 54.7 Å². The SMILES string of the molecule is CCOC(=O)Cc1cnc(OC)c(C2NC3C(=O)N(c4cccc(Cl)c4F)C(c4ccc(C#N)cc4)C3N2C(C)C)c1. The maximum atomic E-state index is 15.4. The molecule has 1 N–H and O–H groups in total. The molecule has 1 aromatic heterocycles. The monoisotopic (exact) mass is 591 g/mol. The summed E-state index contributed by atoms with van der Waals surface area (Å²) in [6.07, 6.45) is 1.09. The maximum Gasteiger partial charge on any atom is 0.310 e. The quantitative estimate of drug-likeness (QED) is 0.376. The fourth-order valence-electron chi connectivity index (χ4n) is 6.00. The first-order valence-corrected chi connectivity index (χ1v) is 14.1. The Bertz CT molecular complexity index is 1540. The number of rotatable bonds is 8. The Labute approximate surface area is 248 Å². The van der Waals surface area contributed by atoms with E-state index >= 15 is 4.39 Å². The zero-order valence-electron chi connectivity index (χ0n) is 23.7. The fraction of sp³-hybridized carbons (Fsp3) is 0.355. The number of pyridine rings is 1. The number of benzene rings is 2. The predicted molar refractivity (Wildman–Crippen MR) is 154 cm³/mol. The zero-order valence-corrected chi connectivity index (χ0v) is 24.4. The molecule has 4 atom stereocenters. The number of hydrogen-bond acceptors (Lipinski definition) is 8. The van der Waals surface area contributed by atoms with Crippen molar-refractivity contribution in [2.45, 2.75) is 57.5 Å². The van der Waals surface area contributed by atoms with Crippen LogP contribution in [-0.2, 0) is 20.7 Å². The highest BCUT2D eigenvalue weighted by Crippen LogP contribution is 2.48. The van der Waals surface area contributed by atoms with Crippen LogP contribution in [-0.4, -0.2) is 53.6 Å². The molecule has 0 radical (unpaired) electrons. The highest BCUT2D eigenvalue weighted by atomic mass is 35.5. The molecule has 5 rings (SSSR count). The third-order valence-electron chi connectivity index (χ3n) is 7.67. The van der Waals surface area contributed by atoms with Gasteiger partial charge in [-0.15, -0.1) is 0 Å². The number of ether oxygens (including phenoxy) is 2. The number of amides is 1. The molecule has 0 spiro atoms. The number of carbonyl (C=O) groups is 2. The number of aromatic nitrogens is 1. The summed E-state index contributed by atoms with van der Waals surface area (Å²) in [6, 6.07) is 13.6. The minimum absolute atomic E-state index is 0.0354. The van der Waals surface area contributed by atoms with Crippen LogP contribution in [0.25, 0.3) is 0 Å². The van der Waals surface area contributed by atoms with Gasteiger partial charge in [-0.25, -0.2) is 9.37 Å². The van der Waals surface area contributed by atoms with E-state index in [1.165, 1.54) is 18.1 Å². The number of nitriles is 1. The molecular formula is C31H31ClFN5O4. The molecule has 3 heterocycles. The van der Waals surface area contributed by atoms with E-state index in [2.05, 4.69) is 21.3 Å². The van der Waals surface area contributed by atoms with Gasteiger partial charge in [-0.2, -0.15) is 5.26 Å². The van der Waals surface area contributed by atoms with E-state index < -0.39 is 30.1 Å². The average molecular weight is 592 g/mol. The highest BCUT2D eigenvalue weighted by Gasteiger charge is 2.59. The van der Waals surface area contributed by atoms with Crippen molar-refractivity contribution in [1.82, 2.24) is 15.2 Å². The number of carbonyl (C=O) groups excluding carboxylic acids is 2. The van der Waals surface area contributed by atoms with Crippen molar-refractivity contribution in [1.29, 1.82) is 5.26 Å². The van der Waals surface area contributed by atoms with E-state index in [9.17, 15) is 14.9 Å². The fourth-order valence-corrected chi connectivity index (χ4v) is 6.17. The van der Waals surface area contributed by atoms with Crippen LogP contribution in [0.2, 0.25) is 5.02 Å². The lowest BCUT2D eigenvalue weighted by molar-refractivity contribution is -0.142. The summed E-state index contributed by atoms with van der Waals surface area (Å²) in [5.41, 5.74) is 2.59. The third kappa shape index (κ3) is 5.20. The smallest absolute Gasteiger partial charge is 0.310 e. The number of methoxy groups -OCH3 is 1.